The van der Waals surface area contributed by atoms with Gasteiger partial charge >= 0.3 is 5.97 Å². The van der Waals surface area contributed by atoms with Gasteiger partial charge in [-0.25, -0.2) is 9.78 Å². The van der Waals surface area contributed by atoms with Crippen LogP contribution in [0.4, 0.5) is 0 Å². The van der Waals surface area contributed by atoms with Gasteiger partial charge in [-0.15, -0.1) is 0 Å². The predicted molar refractivity (Wildman–Crippen MR) is 111 cm³/mol. The van der Waals surface area contributed by atoms with Crippen LogP contribution in [0.5, 0.6) is 5.75 Å². The van der Waals surface area contributed by atoms with E-state index in [1.54, 1.807) is 24.5 Å². The summed E-state index contributed by atoms with van der Waals surface area (Å²) in [5.41, 5.74) is 3.68. The Balaban J connectivity index is 1.36. The summed E-state index contributed by atoms with van der Waals surface area (Å²) in [6.45, 7) is 1.08. The molecule has 2 unspecified atom stereocenters. The summed E-state index contributed by atoms with van der Waals surface area (Å²) < 4.78 is 6.11. The van der Waals surface area contributed by atoms with Crippen LogP contribution in [-0.4, -0.2) is 45.3 Å². The van der Waals surface area contributed by atoms with Crippen molar-refractivity contribution in [1.29, 1.82) is 0 Å². The highest BCUT2D eigenvalue weighted by Gasteiger charge is 2.20. The molecule has 3 N–H and O–H groups in total. The summed E-state index contributed by atoms with van der Waals surface area (Å²) in [7, 11) is 0. The van der Waals surface area contributed by atoms with Gasteiger partial charge < -0.3 is 20.3 Å². The number of aromatic carboxylic acids is 1. The summed E-state index contributed by atoms with van der Waals surface area (Å²) in [4.78, 5) is 19.1. The van der Waals surface area contributed by atoms with Crippen molar-refractivity contribution in [2.24, 2.45) is 0 Å². The first-order chi connectivity index (χ1) is 14.6. The number of aliphatic hydroxyl groups is 1. The number of hydrogen-bond acceptors (Lipinski definition) is 6. The Morgan fingerprint density at radius 2 is 2.07 bits per heavy atom. The molecule has 7 nitrogen and oxygen atoms in total. The number of rotatable bonds is 7. The molecule has 0 fully saturated rings. The molecule has 0 bridgehead atoms. The molecule has 1 aliphatic rings. The average Bonchev–Trinajstić information content (AvgIpc) is 2.79. The fraction of sp³-hybridized carbons (Fsp3) is 0.261. The third-order valence-corrected chi connectivity index (χ3v) is 5.18. The molecule has 3 aromatic rings. The van der Waals surface area contributed by atoms with Crippen LogP contribution in [0.1, 0.15) is 34.1 Å². The molecular formula is C23H23N3O4. The van der Waals surface area contributed by atoms with E-state index in [1.807, 2.05) is 30.3 Å². The molecule has 0 saturated heterocycles. The van der Waals surface area contributed by atoms with Gasteiger partial charge in [-0.1, -0.05) is 12.1 Å². The summed E-state index contributed by atoms with van der Waals surface area (Å²) in [5.74, 6) is -0.195. The summed E-state index contributed by atoms with van der Waals surface area (Å²) >= 11 is 0. The van der Waals surface area contributed by atoms with Gasteiger partial charge in [0.1, 0.15) is 17.5 Å². The number of nitrogens with one attached hydrogen (secondary N) is 1. The monoisotopic (exact) mass is 405 g/mol. The molecule has 0 spiro atoms. The van der Waals surface area contributed by atoms with Crippen molar-refractivity contribution in [1.82, 2.24) is 15.3 Å². The number of ether oxygens (including phenoxy) is 1. The SMILES string of the molecule is O=C(O)c1cc(-c2ccc3c(c2)CCC(CNCC(O)c2cccnc2)O3)ccn1. The van der Waals surface area contributed by atoms with Crippen molar-refractivity contribution in [3.05, 3.63) is 77.9 Å². The molecule has 2 aromatic heterocycles. The van der Waals surface area contributed by atoms with Crippen LogP contribution in [0.15, 0.2) is 61.1 Å². The number of aryl methyl sites for hydroxylation is 1. The zero-order chi connectivity index (χ0) is 20.9. The van der Waals surface area contributed by atoms with E-state index in [4.69, 9.17) is 9.84 Å². The third kappa shape index (κ3) is 4.64. The average molecular weight is 405 g/mol. The van der Waals surface area contributed by atoms with Crippen LogP contribution in [-0.2, 0) is 6.42 Å². The Morgan fingerprint density at radius 1 is 1.20 bits per heavy atom. The van der Waals surface area contributed by atoms with Gasteiger partial charge in [0.2, 0.25) is 0 Å². The fourth-order valence-corrected chi connectivity index (χ4v) is 3.57. The molecule has 1 aromatic carbocycles. The molecule has 2 atom stereocenters. The van der Waals surface area contributed by atoms with Crippen LogP contribution in [0.25, 0.3) is 11.1 Å². The lowest BCUT2D eigenvalue weighted by Crippen LogP contribution is -2.36. The fourth-order valence-electron chi connectivity index (χ4n) is 3.57. The first-order valence-electron chi connectivity index (χ1n) is 9.88. The third-order valence-electron chi connectivity index (χ3n) is 5.18. The summed E-state index contributed by atoms with van der Waals surface area (Å²) in [5, 5.41) is 22.6. The van der Waals surface area contributed by atoms with Gasteiger partial charge in [0, 0.05) is 37.2 Å². The number of hydrogen-bond donors (Lipinski definition) is 3. The Bertz CT molecular complexity index is 1030. The Morgan fingerprint density at radius 3 is 2.87 bits per heavy atom. The molecule has 1 aliphatic heterocycles. The van der Waals surface area contributed by atoms with E-state index in [-0.39, 0.29) is 11.8 Å². The highest BCUT2D eigenvalue weighted by Crippen LogP contribution is 2.32. The topological polar surface area (TPSA) is 105 Å². The van der Waals surface area contributed by atoms with Crippen molar-refractivity contribution in [3.8, 4) is 16.9 Å². The maximum Gasteiger partial charge on any atom is 0.354 e. The van der Waals surface area contributed by atoms with E-state index in [0.29, 0.717) is 13.1 Å². The van der Waals surface area contributed by atoms with E-state index in [0.717, 1.165) is 40.8 Å². The van der Waals surface area contributed by atoms with Gasteiger partial charge in [0.15, 0.2) is 0 Å². The molecular weight excluding hydrogens is 382 g/mol. The molecule has 4 rings (SSSR count). The summed E-state index contributed by atoms with van der Waals surface area (Å²) in [6.07, 6.45) is 6.02. The number of benzene rings is 1. The van der Waals surface area contributed by atoms with Crippen molar-refractivity contribution in [2.45, 2.75) is 25.0 Å². The van der Waals surface area contributed by atoms with Gasteiger partial charge in [0.25, 0.3) is 0 Å². The molecule has 0 saturated carbocycles. The van der Waals surface area contributed by atoms with Crippen molar-refractivity contribution >= 4 is 5.97 Å². The first kappa shape index (κ1) is 20.0. The molecule has 7 heteroatoms. The highest BCUT2D eigenvalue weighted by molar-refractivity contribution is 5.87. The van der Waals surface area contributed by atoms with Gasteiger partial charge in [0.05, 0.1) is 6.10 Å². The number of fused-ring (bicyclic) bond motifs is 1. The standard InChI is InChI=1S/C23H23N3O4/c27-21(18-2-1-8-24-12-18)14-25-13-19-5-3-17-10-15(4-6-22(17)30-19)16-7-9-26-20(11-16)23(28)29/h1-2,4,6-12,19,21,25,27H,3,5,13-14H2,(H,28,29). The highest BCUT2D eigenvalue weighted by atomic mass is 16.5. The van der Waals surface area contributed by atoms with Crippen LogP contribution in [0.2, 0.25) is 0 Å². The molecule has 0 radical (unpaired) electrons. The number of carboxylic acids is 1. The van der Waals surface area contributed by atoms with Crippen molar-refractivity contribution < 1.29 is 19.7 Å². The van der Waals surface area contributed by atoms with Crippen LogP contribution in [0, 0.1) is 0 Å². The minimum atomic E-state index is -1.04. The number of pyridine rings is 2. The normalized spacial score (nSPS) is 16.4. The van der Waals surface area contributed by atoms with E-state index < -0.39 is 12.1 Å². The zero-order valence-corrected chi connectivity index (χ0v) is 16.4. The second-order valence-corrected chi connectivity index (χ2v) is 7.30. The molecule has 0 amide bonds. The maximum absolute atomic E-state index is 11.2. The smallest absolute Gasteiger partial charge is 0.354 e. The lowest BCUT2D eigenvalue weighted by molar-refractivity contribution is 0.0690. The second kappa shape index (κ2) is 9.02. The minimum Gasteiger partial charge on any atom is -0.489 e. The van der Waals surface area contributed by atoms with Crippen LogP contribution >= 0.6 is 0 Å². The van der Waals surface area contributed by atoms with Crippen LogP contribution < -0.4 is 10.1 Å². The quantitative estimate of drug-likeness (QED) is 0.555. The van der Waals surface area contributed by atoms with Gasteiger partial charge in [-0.2, -0.15) is 0 Å². The number of aliphatic hydroxyl groups excluding tert-OH is 1. The first-order valence-corrected chi connectivity index (χ1v) is 9.88. The lowest BCUT2D eigenvalue weighted by atomic mass is 9.97. The number of carboxylic acid groups (broad SMARTS) is 1. The minimum absolute atomic E-state index is 0.0288. The number of aromatic nitrogens is 2. The Kier molecular flexibility index (Phi) is 6.02. The van der Waals surface area contributed by atoms with E-state index in [2.05, 4.69) is 15.3 Å². The maximum atomic E-state index is 11.2. The van der Waals surface area contributed by atoms with E-state index in [9.17, 15) is 9.90 Å². The largest absolute Gasteiger partial charge is 0.489 e. The van der Waals surface area contributed by atoms with Gasteiger partial charge in [-0.3, -0.25) is 4.98 Å². The van der Waals surface area contributed by atoms with Crippen molar-refractivity contribution in [2.75, 3.05) is 13.1 Å². The Labute approximate surface area is 174 Å². The van der Waals surface area contributed by atoms with Gasteiger partial charge in [-0.05, 0) is 59.9 Å². The van der Waals surface area contributed by atoms with Crippen LogP contribution in [0.3, 0.4) is 0 Å². The number of nitrogens with zero attached hydrogens (tertiary/aromatic N) is 2. The Hall–Kier alpha value is -3.29. The lowest BCUT2D eigenvalue weighted by Gasteiger charge is -2.27. The summed E-state index contributed by atoms with van der Waals surface area (Å²) in [6, 6.07) is 13.0. The second-order valence-electron chi connectivity index (χ2n) is 7.30. The molecule has 3 heterocycles. The van der Waals surface area contributed by atoms with E-state index in [1.165, 1.54) is 6.20 Å². The molecule has 154 valence electrons. The van der Waals surface area contributed by atoms with Crippen molar-refractivity contribution in [3.63, 3.8) is 0 Å². The number of carbonyl (C=O) groups is 1. The zero-order valence-electron chi connectivity index (χ0n) is 16.4. The predicted octanol–water partition coefficient (Wildman–Crippen LogP) is 2.86. The molecule has 30 heavy (non-hydrogen) atoms. The van der Waals surface area contributed by atoms with E-state index >= 15 is 0 Å². The molecule has 0 aliphatic carbocycles.